The highest BCUT2D eigenvalue weighted by molar-refractivity contribution is 4.76. The van der Waals surface area contributed by atoms with E-state index in [1.165, 1.54) is 25.7 Å². The summed E-state index contributed by atoms with van der Waals surface area (Å²) in [6.07, 6.45) is 5.60. The molecule has 0 bridgehead atoms. The van der Waals surface area contributed by atoms with E-state index in [9.17, 15) is 0 Å². The van der Waals surface area contributed by atoms with Crippen LogP contribution >= 0.6 is 0 Å². The second kappa shape index (κ2) is 7.34. The van der Waals surface area contributed by atoms with E-state index in [0.717, 1.165) is 6.04 Å². The zero-order chi connectivity index (χ0) is 10.3. The van der Waals surface area contributed by atoms with Crippen LogP contribution < -0.4 is 0 Å². The van der Waals surface area contributed by atoms with Crippen LogP contribution in [0.1, 0.15) is 39.5 Å². The maximum atomic E-state index is 5.30. The van der Waals surface area contributed by atoms with E-state index in [2.05, 4.69) is 19.0 Å². The summed E-state index contributed by atoms with van der Waals surface area (Å²) in [5.74, 6) is 0. The van der Waals surface area contributed by atoms with Gasteiger partial charge in [0.05, 0.1) is 6.10 Å². The van der Waals surface area contributed by atoms with Gasteiger partial charge in [-0.25, -0.2) is 0 Å². The summed E-state index contributed by atoms with van der Waals surface area (Å²) in [5.41, 5.74) is 0. The molecule has 0 aromatic carbocycles. The van der Waals surface area contributed by atoms with E-state index in [-0.39, 0.29) is 0 Å². The molecule has 0 atom stereocenters. The molecule has 2 nitrogen and oxygen atoms in total. The zero-order valence-electron chi connectivity index (χ0n) is 9.84. The fraction of sp³-hybridized carbons (Fsp3) is 1.00. The van der Waals surface area contributed by atoms with Crippen LogP contribution in [0.3, 0.4) is 0 Å². The molecule has 0 saturated heterocycles. The Hall–Kier alpha value is -0.0800. The molecule has 0 aromatic heterocycles. The van der Waals surface area contributed by atoms with Crippen molar-refractivity contribution in [1.82, 2.24) is 4.90 Å². The molecule has 1 aliphatic rings. The van der Waals surface area contributed by atoms with Crippen molar-refractivity contribution in [2.75, 3.05) is 21.2 Å². The maximum Gasteiger partial charge on any atom is 0.0572 e. The zero-order valence-corrected chi connectivity index (χ0v) is 9.84. The Morgan fingerprint density at radius 3 is 1.77 bits per heavy atom. The summed E-state index contributed by atoms with van der Waals surface area (Å²) < 4.78 is 5.30. The van der Waals surface area contributed by atoms with Crippen LogP contribution in [0.25, 0.3) is 0 Å². The molecule has 0 spiro atoms. The van der Waals surface area contributed by atoms with Crippen LogP contribution in [-0.4, -0.2) is 38.3 Å². The first-order valence-corrected chi connectivity index (χ1v) is 5.43. The van der Waals surface area contributed by atoms with Crippen LogP contribution in [0.15, 0.2) is 0 Å². The highest BCUT2D eigenvalue weighted by Gasteiger charge is 2.21. The Bertz CT molecular complexity index is 107. The van der Waals surface area contributed by atoms with Gasteiger partial charge < -0.3 is 9.64 Å². The summed E-state index contributed by atoms with van der Waals surface area (Å²) in [4.78, 5) is 2.33. The number of nitrogens with zero attached hydrogens (tertiary/aromatic N) is 1. The number of ether oxygens (including phenoxy) is 1. The van der Waals surface area contributed by atoms with Gasteiger partial charge in [0.1, 0.15) is 0 Å². The Kier molecular flexibility index (Phi) is 7.29. The molecule has 1 rings (SSSR count). The van der Waals surface area contributed by atoms with Gasteiger partial charge in [-0.05, 0) is 39.8 Å². The summed E-state index contributed by atoms with van der Waals surface area (Å²) >= 11 is 0. The van der Waals surface area contributed by atoms with Crippen LogP contribution in [-0.2, 0) is 4.74 Å². The Labute approximate surface area is 83.3 Å². The van der Waals surface area contributed by atoms with Gasteiger partial charge in [-0.2, -0.15) is 0 Å². The van der Waals surface area contributed by atoms with Gasteiger partial charge in [-0.3, -0.25) is 0 Å². The van der Waals surface area contributed by atoms with E-state index >= 15 is 0 Å². The first kappa shape index (κ1) is 12.9. The summed E-state index contributed by atoms with van der Waals surface area (Å²) in [7, 11) is 6.15. The molecule has 80 valence electrons. The minimum Gasteiger partial charge on any atom is -0.381 e. The summed E-state index contributed by atoms with van der Waals surface area (Å²) in [6, 6.07) is 0.793. The molecule has 0 radical (unpaired) electrons. The molecule has 1 saturated carbocycles. The van der Waals surface area contributed by atoms with Gasteiger partial charge in [0.25, 0.3) is 0 Å². The average Bonchev–Trinajstić information content (AvgIpc) is 2.21. The average molecular weight is 187 g/mol. The molecule has 0 N–H and O–H groups in total. The van der Waals surface area contributed by atoms with Gasteiger partial charge in [0.15, 0.2) is 0 Å². The van der Waals surface area contributed by atoms with Gasteiger partial charge in [-0.15, -0.1) is 0 Å². The molecular weight excluding hydrogens is 162 g/mol. The van der Waals surface area contributed by atoms with Crippen molar-refractivity contribution >= 4 is 0 Å². The van der Waals surface area contributed by atoms with E-state index in [4.69, 9.17) is 4.74 Å². The van der Waals surface area contributed by atoms with Crippen molar-refractivity contribution < 1.29 is 4.74 Å². The number of methoxy groups -OCH3 is 1. The molecule has 1 aliphatic carbocycles. The van der Waals surface area contributed by atoms with E-state index in [0.29, 0.717) is 6.10 Å². The quantitative estimate of drug-likeness (QED) is 0.658. The lowest BCUT2D eigenvalue weighted by Crippen LogP contribution is -2.34. The molecule has 0 unspecified atom stereocenters. The molecule has 0 aromatic rings. The third kappa shape index (κ3) is 4.63. The normalized spacial score (nSPS) is 28.2. The SMILES string of the molecule is CC.COC1CCC(N(C)C)CC1. The van der Waals surface area contributed by atoms with Crippen LogP contribution in [0.2, 0.25) is 0 Å². The molecular formula is C11H25NO. The van der Waals surface area contributed by atoms with E-state index in [1.54, 1.807) is 0 Å². The van der Waals surface area contributed by atoms with Crippen LogP contribution in [0.5, 0.6) is 0 Å². The fourth-order valence-electron chi connectivity index (χ4n) is 1.80. The van der Waals surface area contributed by atoms with Gasteiger partial charge in [0, 0.05) is 13.2 Å². The second-order valence-electron chi connectivity index (χ2n) is 3.63. The van der Waals surface area contributed by atoms with Crippen molar-refractivity contribution in [3.63, 3.8) is 0 Å². The molecule has 0 aliphatic heterocycles. The highest BCUT2D eigenvalue weighted by Crippen LogP contribution is 2.22. The lowest BCUT2D eigenvalue weighted by atomic mass is 9.92. The van der Waals surface area contributed by atoms with Crippen LogP contribution in [0.4, 0.5) is 0 Å². The lowest BCUT2D eigenvalue weighted by Gasteiger charge is -2.31. The van der Waals surface area contributed by atoms with Gasteiger partial charge in [0.2, 0.25) is 0 Å². The van der Waals surface area contributed by atoms with Crippen LogP contribution in [0, 0.1) is 0 Å². The van der Waals surface area contributed by atoms with Crippen molar-refractivity contribution in [2.24, 2.45) is 0 Å². The molecule has 13 heavy (non-hydrogen) atoms. The highest BCUT2D eigenvalue weighted by atomic mass is 16.5. The van der Waals surface area contributed by atoms with Crippen molar-refractivity contribution in [3.8, 4) is 0 Å². The lowest BCUT2D eigenvalue weighted by molar-refractivity contribution is 0.0486. The molecule has 2 heteroatoms. The largest absolute Gasteiger partial charge is 0.381 e. The minimum atomic E-state index is 0.534. The number of hydrogen-bond donors (Lipinski definition) is 0. The first-order chi connectivity index (χ1) is 6.24. The first-order valence-electron chi connectivity index (χ1n) is 5.43. The summed E-state index contributed by atoms with van der Waals surface area (Å²) in [6.45, 7) is 4.00. The molecule has 0 amide bonds. The smallest absolute Gasteiger partial charge is 0.0572 e. The number of rotatable bonds is 2. The van der Waals surface area contributed by atoms with E-state index < -0.39 is 0 Å². The minimum absolute atomic E-state index is 0.534. The monoisotopic (exact) mass is 187 g/mol. The van der Waals surface area contributed by atoms with Crippen molar-refractivity contribution in [3.05, 3.63) is 0 Å². The van der Waals surface area contributed by atoms with E-state index in [1.807, 2.05) is 21.0 Å². The topological polar surface area (TPSA) is 12.5 Å². The van der Waals surface area contributed by atoms with Gasteiger partial charge >= 0.3 is 0 Å². The predicted molar refractivity (Wildman–Crippen MR) is 58.1 cm³/mol. The summed E-state index contributed by atoms with van der Waals surface area (Å²) in [5, 5.41) is 0. The van der Waals surface area contributed by atoms with Crippen molar-refractivity contribution in [2.45, 2.75) is 51.7 Å². The number of hydrogen-bond acceptors (Lipinski definition) is 2. The Morgan fingerprint density at radius 2 is 1.46 bits per heavy atom. The third-order valence-electron chi connectivity index (χ3n) is 2.71. The molecule has 0 heterocycles. The van der Waals surface area contributed by atoms with Gasteiger partial charge in [-0.1, -0.05) is 13.8 Å². The molecule has 1 fully saturated rings. The standard InChI is InChI=1S/C9H19NO.C2H6/c1-10(2)8-4-6-9(11-3)7-5-8;1-2/h8-9H,4-7H2,1-3H3;1-2H3. The predicted octanol–water partition coefficient (Wildman–Crippen LogP) is 2.53. The van der Waals surface area contributed by atoms with Crippen molar-refractivity contribution in [1.29, 1.82) is 0 Å². The Morgan fingerprint density at radius 1 is 1.00 bits per heavy atom. The maximum absolute atomic E-state index is 5.30. The second-order valence-corrected chi connectivity index (χ2v) is 3.63. The Balaban J connectivity index is 0.000000671. The fourth-order valence-corrected chi connectivity index (χ4v) is 1.80. The third-order valence-corrected chi connectivity index (χ3v) is 2.71.